The molecule has 0 atom stereocenters. The minimum Gasteiger partial charge on any atom is -0.335 e. The van der Waals surface area contributed by atoms with Crippen molar-refractivity contribution >= 4 is 28.6 Å². The van der Waals surface area contributed by atoms with Crippen molar-refractivity contribution in [2.24, 2.45) is 0 Å². The highest BCUT2D eigenvalue weighted by Gasteiger charge is 2.24. The summed E-state index contributed by atoms with van der Waals surface area (Å²) in [5, 5.41) is 8.54. The maximum atomic E-state index is 5.93. The molecule has 1 heterocycles. The van der Waals surface area contributed by atoms with Gasteiger partial charge in [-0.2, -0.15) is 0 Å². The quantitative estimate of drug-likeness (QED) is 0.805. The lowest BCUT2D eigenvalue weighted by Crippen LogP contribution is -2.36. The molecule has 1 aromatic carbocycles. The van der Waals surface area contributed by atoms with E-state index in [-0.39, 0.29) is 0 Å². The number of para-hydroxylation sites is 1. The van der Waals surface area contributed by atoms with Crippen molar-refractivity contribution in [2.75, 3.05) is 17.3 Å². The van der Waals surface area contributed by atoms with E-state index in [0.29, 0.717) is 17.9 Å². The second-order valence-corrected chi connectivity index (χ2v) is 5.30. The summed E-state index contributed by atoms with van der Waals surface area (Å²) >= 11 is 5.93. The number of nitrogens with zero attached hydrogens (tertiary/aromatic N) is 4. The molecule has 0 N–H and O–H groups in total. The average molecular weight is 277 g/mol. The fraction of sp³-hybridized carbons (Fsp3) is 0.500. The maximum Gasteiger partial charge on any atom is 0.246 e. The van der Waals surface area contributed by atoms with Crippen LogP contribution in [0.3, 0.4) is 0 Å². The van der Waals surface area contributed by atoms with Crippen LogP contribution in [0.4, 0.5) is 5.95 Å². The Morgan fingerprint density at radius 2 is 1.84 bits per heavy atom. The van der Waals surface area contributed by atoms with Crippen LogP contribution in [0.15, 0.2) is 24.3 Å². The Morgan fingerprint density at radius 3 is 2.58 bits per heavy atom. The third kappa shape index (κ3) is 2.63. The van der Waals surface area contributed by atoms with Gasteiger partial charge in [-0.25, -0.2) is 4.98 Å². The van der Waals surface area contributed by atoms with Crippen LogP contribution in [0.2, 0.25) is 0 Å². The second kappa shape index (κ2) is 5.70. The summed E-state index contributed by atoms with van der Waals surface area (Å²) in [7, 11) is 0. The molecule has 1 aliphatic carbocycles. The molecule has 1 aromatic heterocycles. The molecule has 0 saturated heterocycles. The van der Waals surface area contributed by atoms with Crippen molar-refractivity contribution < 1.29 is 0 Å². The Morgan fingerprint density at radius 1 is 1.11 bits per heavy atom. The summed E-state index contributed by atoms with van der Waals surface area (Å²) in [4.78, 5) is 6.85. The summed E-state index contributed by atoms with van der Waals surface area (Å²) in [5.41, 5.74) is 1.73. The van der Waals surface area contributed by atoms with Gasteiger partial charge in [0.05, 0.1) is 5.52 Å². The zero-order valence-electron chi connectivity index (χ0n) is 10.8. The minimum atomic E-state index is 0.515. The summed E-state index contributed by atoms with van der Waals surface area (Å²) in [6.45, 7) is 0.784. The van der Waals surface area contributed by atoms with Crippen LogP contribution in [0.5, 0.6) is 0 Å². The number of fused-ring (bicyclic) bond motifs is 1. The van der Waals surface area contributed by atoms with Gasteiger partial charge in [0.1, 0.15) is 5.52 Å². The molecule has 5 heteroatoms. The van der Waals surface area contributed by atoms with Crippen LogP contribution >= 0.6 is 11.6 Å². The zero-order chi connectivity index (χ0) is 13.1. The Bertz CT molecular complexity index is 554. The van der Waals surface area contributed by atoms with Gasteiger partial charge < -0.3 is 4.90 Å². The number of alkyl halides is 1. The van der Waals surface area contributed by atoms with Gasteiger partial charge in [0, 0.05) is 18.5 Å². The average Bonchev–Trinajstić information content (AvgIpc) is 2.98. The standard InChI is InChI=1S/C14H17ClN4/c15-9-10-19(11-5-1-2-6-11)14-16-12-7-3-4-8-13(12)17-18-14/h3-4,7-8,11H,1-2,5-6,9-10H2. The lowest BCUT2D eigenvalue weighted by molar-refractivity contribution is 0.603. The van der Waals surface area contributed by atoms with Crippen molar-refractivity contribution in [3.8, 4) is 0 Å². The third-order valence-corrected chi connectivity index (χ3v) is 3.87. The van der Waals surface area contributed by atoms with E-state index in [4.69, 9.17) is 11.6 Å². The van der Waals surface area contributed by atoms with Gasteiger partial charge in [-0.15, -0.1) is 21.8 Å². The molecule has 1 saturated carbocycles. The first-order valence-electron chi connectivity index (χ1n) is 6.80. The smallest absolute Gasteiger partial charge is 0.246 e. The normalized spacial score (nSPS) is 16.1. The SMILES string of the molecule is ClCCN(c1nnc2ccccc2n1)C1CCCC1. The maximum absolute atomic E-state index is 5.93. The van der Waals surface area contributed by atoms with Gasteiger partial charge in [0.15, 0.2) is 0 Å². The van der Waals surface area contributed by atoms with E-state index in [1.165, 1.54) is 25.7 Å². The van der Waals surface area contributed by atoms with Gasteiger partial charge in [-0.3, -0.25) is 0 Å². The fourth-order valence-electron chi connectivity index (χ4n) is 2.75. The zero-order valence-corrected chi connectivity index (χ0v) is 11.6. The molecule has 3 rings (SSSR count). The molecule has 0 amide bonds. The van der Waals surface area contributed by atoms with Crippen LogP contribution in [-0.4, -0.2) is 33.6 Å². The van der Waals surface area contributed by atoms with Gasteiger partial charge in [0.25, 0.3) is 0 Å². The summed E-state index contributed by atoms with van der Waals surface area (Å²) in [6.07, 6.45) is 4.97. The van der Waals surface area contributed by atoms with Crippen molar-refractivity contribution in [3.05, 3.63) is 24.3 Å². The van der Waals surface area contributed by atoms with Gasteiger partial charge in [-0.1, -0.05) is 25.0 Å². The van der Waals surface area contributed by atoms with E-state index in [0.717, 1.165) is 17.6 Å². The Labute approximate surface area is 117 Å². The van der Waals surface area contributed by atoms with E-state index in [2.05, 4.69) is 20.1 Å². The largest absolute Gasteiger partial charge is 0.335 e. The second-order valence-electron chi connectivity index (χ2n) is 4.92. The predicted octanol–water partition coefficient (Wildman–Crippen LogP) is 3.01. The molecule has 4 nitrogen and oxygen atoms in total. The molecule has 1 aliphatic rings. The Hall–Kier alpha value is -1.42. The summed E-state index contributed by atoms with van der Waals surface area (Å²) in [6, 6.07) is 8.34. The number of rotatable bonds is 4. The third-order valence-electron chi connectivity index (χ3n) is 3.70. The van der Waals surface area contributed by atoms with Crippen LogP contribution in [0.1, 0.15) is 25.7 Å². The monoisotopic (exact) mass is 276 g/mol. The van der Waals surface area contributed by atoms with Gasteiger partial charge >= 0.3 is 0 Å². The van der Waals surface area contributed by atoms with Crippen LogP contribution in [0.25, 0.3) is 11.0 Å². The molecule has 0 radical (unpaired) electrons. The summed E-state index contributed by atoms with van der Waals surface area (Å²) in [5.74, 6) is 1.30. The molecule has 0 bridgehead atoms. The molecule has 0 unspecified atom stereocenters. The Kier molecular flexibility index (Phi) is 3.78. The molecule has 100 valence electrons. The minimum absolute atomic E-state index is 0.515. The number of hydrogen-bond donors (Lipinski definition) is 0. The number of hydrogen-bond acceptors (Lipinski definition) is 4. The fourth-order valence-corrected chi connectivity index (χ4v) is 2.93. The molecule has 2 aromatic rings. The van der Waals surface area contributed by atoms with E-state index >= 15 is 0 Å². The highest BCUT2D eigenvalue weighted by atomic mass is 35.5. The van der Waals surface area contributed by atoms with Gasteiger partial charge in [-0.05, 0) is 25.0 Å². The molecule has 1 fully saturated rings. The molecular weight excluding hydrogens is 260 g/mol. The molecule has 0 aliphatic heterocycles. The highest BCUT2D eigenvalue weighted by molar-refractivity contribution is 6.18. The topological polar surface area (TPSA) is 41.9 Å². The summed E-state index contributed by atoms with van der Waals surface area (Å²) < 4.78 is 0. The van der Waals surface area contributed by atoms with Crippen molar-refractivity contribution in [1.82, 2.24) is 15.2 Å². The number of anilines is 1. The van der Waals surface area contributed by atoms with Crippen molar-refractivity contribution in [3.63, 3.8) is 0 Å². The van der Waals surface area contributed by atoms with Crippen molar-refractivity contribution in [2.45, 2.75) is 31.7 Å². The van der Waals surface area contributed by atoms with Crippen LogP contribution in [0, 0.1) is 0 Å². The van der Waals surface area contributed by atoms with Gasteiger partial charge in [0.2, 0.25) is 5.95 Å². The molecule has 0 spiro atoms. The highest BCUT2D eigenvalue weighted by Crippen LogP contribution is 2.26. The molecular formula is C14H17ClN4. The van der Waals surface area contributed by atoms with Crippen LogP contribution < -0.4 is 4.90 Å². The number of halogens is 1. The lowest BCUT2D eigenvalue weighted by atomic mass is 10.2. The Balaban J connectivity index is 1.94. The van der Waals surface area contributed by atoms with Crippen molar-refractivity contribution in [1.29, 1.82) is 0 Å². The first kappa shape index (κ1) is 12.6. The predicted molar refractivity (Wildman–Crippen MR) is 77.7 cm³/mol. The van der Waals surface area contributed by atoms with E-state index in [9.17, 15) is 0 Å². The lowest BCUT2D eigenvalue weighted by Gasteiger charge is -2.27. The number of aromatic nitrogens is 3. The van der Waals surface area contributed by atoms with E-state index in [1.54, 1.807) is 0 Å². The van der Waals surface area contributed by atoms with E-state index in [1.807, 2.05) is 24.3 Å². The number of benzene rings is 1. The van der Waals surface area contributed by atoms with E-state index < -0.39 is 0 Å². The molecule has 19 heavy (non-hydrogen) atoms. The van der Waals surface area contributed by atoms with Crippen LogP contribution in [-0.2, 0) is 0 Å². The first-order valence-corrected chi connectivity index (χ1v) is 7.34. The first-order chi connectivity index (χ1) is 9.38.